The Hall–Kier alpha value is -1.94. The van der Waals surface area contributed by atoms with Gasteiger partial charge in [0.15, 0.2) is 0 Å². The van der Waals surface area contributed by atoms with Crippen LogP contribution < -0.4 is 10.5 Å². The molecule has 19 heavy (non-hydrogen) atoms. The third-order valence-electron chi connectivity index (χ3n) is 2.76. The number of benzene rings is 2. The molecule has 0 radical (unpaired) electrons. The molecular formula is C15H14FNOS. The zero-order chi connectivity index (χ0) is 14.0. The lowest BCUT2D eigenvalue weighted by Crippen LogP contribution is -2.11. The maximum absolute atomic E-state index is 13.1. The molecule has 0 amide bonds. The van der Waals surface area contributed by atoms with Crippen LogP contribution in [0.15, 0.2) is 36.4 Å². The molecule has 0 heterocycles. The fourth-order valence-corrected chi connectivity index (χ4v) is 1.93. The zero-order valence-electron chi connectivity index (χ0n) is 10.7. The van der Waals surface area contributed by atoms with Gasteiger partial charge in [-0.25, -0.2) is 4.39 Å². The molecule has 0 saturated carbocycles. The second kappa shape index (κ2) is 5.36. The van der Waals surface area contributed by atoms with Gasteiger partial charge in [-0.2, -0.15) is 0 Å². The first-order chi connectivity index (χ1) is 8.97. The number of hydrogen-bond acceptors (Lipinski definition) is 2. The number of aryl methyl sites for hydroxylation is 2. The van der Waals surface area contributed by atoms with Crippen molar-refractivity contribution >= 4 is 17.2 Å². The quantitative estimate of drug-likeness (QED) is 0.864. The molecule has 0 aromatic heterocycles. The second-order valence-corrected chi connectivity index (χ2v) is 4.82. The van der Waals surface area contributed by atoms with Gasteiger partial charge < -0.3 is 10.5 Å². The lowest BCUT2D eigenvalue weighted by Gasteiger charge is -2.13. The molecule has 0 saturated heterocycles. The van der Waals surface area contributed by atoms with E-state index in [2.05, 4.69) is 0 Å². The van der Waals surface area contributed by atoms with Crippen LogP contribution in [0.4, 0.5) is 4.39 Å². The first-order valence-electron chi connectivity index (χ1n) is 5.82. The Morgan fingerprint density at radius 1 is 1.11 bits per heavy atom. The Balaban J connectivity index is 2.40. The largest absolute Gasteiger partial charge is 0.456 e. The maximum Gasteiger partial charge on any atom is 0.137 e. The Morgan fingerprint density at radius 2 is 1.79 bits per heavy atom. The van der Waals surface area contributed by atoms with E-state index in [-0.39, 0.29) is 10.8 Å². The summed E-state index contributed by atoms with van der Waals surface area (Å²) in [5.74, 6) is 0.874. The standard InChI is InChI=1S/C15H14FNOS/c1-9-3-5-14(12(7-9)15(17)19)18-13-6-4-11(16)8-10(13)2/h3-8H,1-2H3,(H2,17,19). The van der Waals surface area contributed by atoms with Gasteiger partial charge in [-0.05, 0) is 49.7 Å². The fourth-order valence-electron chi connectivity index (χ4n) is 1.77. The maximum atomic E-state index is 13.1. The molecule has 2 nitrogen and oxygen atoms in total. The van der Waals surface area contributed by atoms with Crippen LogP contribution in [0.25, 0.3) is 0 Å². The SMILES string of the molecule is Cc1ccc(Oc2ccc(F)cc2C)c(C(N)=S)c1. The predicted molar refractivity (Wildman–Crippen MR) is 78.3 cm³/mol. The number of halogens is 1. The highest BCUT2D eigenvalue weighted by Gasteiger charge is 2.09. The topological polar surface area (TPSA) is 35.2 Å². The van der Waals surface area contributed by atoms with E-state index in [9.17, 15) is 4.39 Å². The van der Waals surface area contributed by atoms with Gasteiger partial charge in [0.1, 0.15) is 22.3 Å². The van der Waals surface area contributed by atoms with Crippen LogP contribution in [-0.4, -0.2) is 4.99 Å². The molecule has 2 aromatic carbocycles. The average Bonchev–Trinajstić information content (AvgIpc) is 2.34. The van der Waals surface area contributed by atoms with Gasteiger partial charge in [0, 0.05) is 0 Å². The van der Waals surface area contributed by atoms with Crippen LogP contribution in [0, 0.1) is 19.7 Å². The average molecular weight is 275 g/mol. The van der Waals surface area contributed by atoms with Gasteiger partial charge in [0.05, 0.1) is 5.56 Å². The minimum Gasteiger partial charge on any atom is -0.456 e. The van der Waals surface area contributed by atoms with Crippen molar-refractivity contribution in [3.63, 3.8) is 0 Å². The van der Waals surface area contributed by atoms with E-state index in [0.29, 0.717) is 17.1 Å². The molecule has 0 aliphatic heterocycles. The molecule has 0 aliphatic rings. The number of rotatable bonds is 3. The van der Waals surface area contributed by atoms with E-state index in [1.807, 2.05) is 25.1 Å². The highest BCUT2D eigenvalue weighted by Crippen LogP contribution is 2.29. The Labute approximate surface area is 117 Å². The molecule has 0 spiro atoms. The monoisotopic (exact) mass is 275 g/mol. The number of nitrogens with two attached hydrogens (primary N) is 1. The van der Waals surface area contributed by atoms with Gasteiger partial charge in [-0.3, -0.25) is 0 Å². The molecule has 4 heteroatoms. The summed E-state index contributed by atoms with van der Waals surface area (Å²) in [4.78, 5) is 0.276. The van der Waals surface area contributed by atoms with Crippen LogP contribution >= 0.6 is 12.2 Å². The van der Waals surface area contributed by atoms with Crippen LogP contribution in [-0.2, 0) is 0 Å². The predicted octanol–water partition coefficient (Wildman–Crippen LogP) is 3.87. The van der Waals surface area contributed by atoms with Crippen molar-refractivity contribution in [2.24, 2.45) is 5.73 Å². The summed E-state index contributed by atoms with van der Waals surface area (Å²) >= 11 is 5.02. The van der Waals surface area contributed by atoms with Gasteiger partial charge in [0.25, 0.3) is 0 Å². The summed E-state index contributed by atoms with van der Waals surface area (Å²) < 4.78 is 18.8. The first kappa shape index (κ1) is 13.5. The molecule has 2 N–H and O–H groups in total. The van der Waals surface area contributed by atoms with Crippen molar-refractivity contribution < 1.29 is 9.13 Å². The van der Waals surface area contributed by atoms with Crippen LogP contribution in [0.5, 0.6) is 11.5 Å². The lowest BCUT2D eigenvalue weighted by atomic mass is 10.1. The molecule has 98 valence electrons. The number of ether oxygens (including phenoxy) is 1. The minimum absolute atomic E-state index is 0.276. The van der Waals surface area contributed by atoms with E-state index in [0.717, 1.165) is 11.1 Å². The minimum atomic E-state index is -0.289. The fraction of sp³-hybridized carbons (Fsp3) is 0.133. The summed E-state index contributed by atoms with van der Waals surface area (Å²) in [6.45, 7) is 3.74. The Kier molecular flexibility index (Phi) is 3.81. The summed E-state index contributed by atoms with van der Waals surface area (Å²) in [6.07, 6.45) is 0. The van der Waals surface area contributed by atoms with E-state index >= 15 is 0 Å². The first-order valence-corrected chi connectivity index (χ1v) is 6.22. The number of hydrogen-bond donors (Lipinski definition) is 1. The Morgan fingerprint density at radius 3 is 2.42 bits per heavy atom. The molecule has 0 fully saturated rings. The third kappa shape index (κ3) is 3.09. The summed E-state index contributed by atoms with van der Waals surface area (Å²) in [7, 11) is 0. The lowest BCUT2D eigenvalue weighted by molar-refractivity contribution is 0.475. The highest BCUT2D eigenvalue weighted by atomic mass is 32.1. The molecule has 0 aliphatic carbocycles. The van der Waals surface area contributed by atoms with E-state index in [1.165, 1.54) is 12.1 Å². The normalized spacial score (nSPS) is 10.3. The van der Waals surface area contributed by atoms with Gasteiger partial charge in [-0.15, -0.1) is 0 Å². The van der Waals surface area contributed by atoms with Crippen LogP contribution in [0.1, 0.15) is 16.7 Å². The van der Waals surface area contributed by atoms with E-state index < -0.39 is 0 Å². The summed E-state index contributed by atoms with van der Waals surface area (Å²) in [5.41, 5.74) is 8.13. The highest BCUT2D eigenvalue weighted by molar-refractivity contribution is 7.80. The molecule has 2 aromatic rings. The smallest absolute Gasteiger partial charge is 0.137 e. The van der Waals surface area contributed by atoms with Gasteiger partial charge in [0.2, 0.25) is 0 Å². The van der Waals surface area contributed by atoms with Crippen LogP contribution in [0.2, 0.25) is 0 Å². The second-order valence-electron chi connectivity index (χ2n) is 4.38. The van der Waals surface area contributed by atoms with Gasteiger partial charge >= 0.3 is 0 Å². The van der Waals surface area contributed by atoms with Crippen molar-refractivity contribution in [1.82, 2.24) is 0 Å². The molecule has 0 atom stereocenters. The van der Waals surface area contributed by atoms with Crippen LogP contribution in [0.3, 0.4) is 0 Å². The third-order valence-corrected chi connectivity index (χ3v) is 2.98. The van der Waals surface area contributed by atoms with E-state index in [1.54, 1.807) is 13.0 Å². The van der Waals surface area contributed by atoms with Gasteiger partial charge in [-0.1, -0.05) is 23.8 Å². The van der Waals surface area contributed by atoms with Crippen molar-refractivity contribution in [2.45, 2.75) is 13.8 Å². The van der Waals surface area contributed by atoms with Crippen molar-refractivity contribution in [3.05, 3.63) is 58.9 Å². The molecule has 0 bridgehead atoms. The van der Waals surface area contributed by atoms with Crippen molar-refractivity contribution in [1.29, 1.82) is 0 Å². The van der Waals surface area contributed by atoms with Crippen molar-refractivity contribution in [2.75, 3.05) is 0 Å². The zero-order valence-corrected chi connectivity index (χ0v) is 11.6. The summed E-state index contributed by atoms with van der Waals surface area (Å²) in [6, 6.07) is 9.97. The van der Waals surface area contributed by atoms with E-state index in [4.69, 9.17) is 22.7 Å². The van der Waals surface area contributed by atoms with Crippen molar-refractivity contribution in [3.8, 4) is 11.5 Å². The number of thiocarbonyl (C=S) groups is 1. The molecule has 0 unspecified atom stereocenters. The molecule has 2 rings (SSSR count). The summed E-state index contributed by atoms with van der Waals surface area (Å²) in [5, 5.41) is 0. The molecular weight excluding hydrogens is 261 g/mol. The Bertz CT molecular complexity index is 640.